The molecule has 1 N–H and O–H groups in total. The third kappa shape index (κ3) is 6.13. The molecular weight excluding hydrogens is 404 g/mol. The van der Waals surface area contributed by atoms with Gasteiger partial charge in [0.05, 0.1) is 25.4 Å². The first-order valence-corrected chi connectivity index (χ1v) is 10.1. The van der Waals surface area contributed by atoms with Crippen LogP contribution in [0.1, 0.15) is 18.1 Å². The molecule has 6 nitrogen and oxygen atoms in total. The summed E-state index contributed by atoms with van der Waals surface area (Å²) in [6.45, 7) is 2.15. The van der Waals surface area contributed by atoms with Crippen molar-refractivity contribution in [2.24, 2.45) is 0 Å². The predicted octanol–water partition coefficient (Wildman–Crippen LogP) is 5.18. The van der Waals surface area contributed by atoms with Crippen LogP contribution in [0.4, 0.5) is 5.69 Å². The summed E-state index contributed by atoms with van der Waals surface area (Å²) in [6, 6.07) is 24.0. The van der Waals surface area contributed by atoms with Gasteiger partial charge in [-0.25, -0.2) is 0 Å². The zero-order valence-corrected chi connectivity index (χ0v) is 18.0. The molecule has 0 radical (unpaired) electrons. The van der Waals surface area contributed by atoms with Gasteiger partial charge in [-0.15, -0.1) is 0 Å². The van der Waals surface area contributed by atoms with Crippen LogP contribution < -0.4 is 19.5 Å². The van der Waals surface area contributed by atoms with Crippen LogP contribution in [0.5, 0.6) is 17.2 Å². The van der Waals surface area contributed by atoms with E-state index in [9.17, 15) is 10.1 Å². The summed E-state index contributed by atoms with van der Waals surface area (Å²) in [5, 5.41) is 12.4. The van der Waals surface area contributed by atoms with Crippen molar-refractivity contribution in [2.45, 2.75) is 6.92 Å². The Morgan fingerprint density at radius 2 is 1.75 bits per heavy atom. The Labute approximate surface area is 187 Å². The van der Waals surface area contributed by atoms with E-state index in [-0.39, 0.29) is 12.5 Å². The van der Waals surface area contributed by atoms with E-state index in [2.05, 4.69) is 11.4 Å². The van der Waals surface area contributed by atoms with Crippen LogP contribution in [0, 0.1) is 11.3 Å². The molecule has 3 aromatic carbocycles. The van der Waals surface area contributed by atoms with Gasteiger partial charge in [0.2, 0.25) is 0 Å². The lowest BCUT2D eigenvalue weighted by Crippen LogP contribution is -2.20. The van der Waals surface area contributed by atoms with Crippen molar-refractivity contribution in [2.75, 3.05) is 25.6 Å². The van der Waals surface area contributed by atoms with Crippen LogP contribution in [0.15, 0.2) is 72.8 Å². The minimum absolute atomic E-state index is 0.153. The van der Waals surface area contributed by atoms with E-state index in [1.54, 1.807) is 37.5 Å². The maximum absolute atomic E-state index is 12.2. The fourth-order valence-electron chi connectivity index (χ4n) is 2.98. The van der Waals surface area contributed by atoms with Crippen LogP contribution in [-0.2, 0) is 4.79 Å². The van der Waals surface area contributed by atoms with Gasteiger partial charge in [-0.3, -0.25) is 4.79 Å². The van der Waals surface area contributed by atoms with Crippen LogP contribution in [-0.4, -0.2) is 26.2 Å². The zero-order valence-electron chi connectivity index (χ0n) is 18.0. The highest BCUT2D eigenvalue weighted by molar-refractivity contribution is 5.92. The molecule has 0 aliphatic rings. The summed E-state index contributed by atoms with van der Waals surface area (Å²) in [4.78, 5) is 12.2. The molecule has 0 saturated heterocycles. The van der Waals surface area contributed by atoms with Gasteiger partial charge in [0.1, 0.15) is 5.75 Å². The Bertz CT molecular complexity index is 1120. The Morgan fingerprint density at radius 3 is 2.41 bits per heavy atom. The first-order chi connectivity index (χ1) is 15.6. The van der Waals surface area contributed by atoms with Gasteiger partial charge in [-0.05, 0) is 72.7 Å². The van der Waals surface area contributed by atoms with Gasteiger partial charge in [0.15, 0.2) is 18.1 Å². The lowest BCUT2D eigenvalue weighted by atomic mass is 10.0. The molecule has 0 unspecified atom stereocenters. The van der Waals surface area contributed by atoms with E-state index in [4.69, 9.17) is 14.2 Å². The van der Waals surface area contributed by atoms with Gasteiger partial charge >= 0.3 is 0 Å². The number of rotatable bonds is 9. The number of nitrogens with one attached hydrogen (secondary N) is 1. The number of nitriles is 1. The van der Waals surface area contributed by atoms with Crippen LogP contribution in [0.25, 0.3) is 11.6 Å². The highest BCUT2D eigenvalue weighted by Crippen LogP contribution is 2.30. The Morgan fingerprint density at radius 1 is 1.00 bits per heavy atom. The maximum Gasteiger partial charge on any atom is 0.262 e. The van der Waals surface area contributed by atoms with Gasteiger partial charge in [-0.1, -0.05) is 24.3 Å². The third-order valence-electron chi connectivity index (χ3n) is 4.52. The Balaban J connectivity index is 1.74. The second-order valence-corrected chi connectivity index (χ2v) is 6.74. The number of benzene rings is 3. The van der Waals surface area contributed by atoms with Crippen LogP contribution in [0.2, 0.25) is 0 Å². The van der Waals surface area contributed by atoms with E-state index in [0.29, 0.717) is 29.4 Å². The Kier molecular flexibility index (Phi) is 7.88. The number of allylic oxidation sites excluding steroid dienone is 1. The second kappa shape index (κ2) is 11.2. The minimum Gasteiger partial charge on any atom is -0.497 e. The number of nitrogens with zero attached hydrogens (tertiary/aromatic N) is 1. The number of methoxy groups -OCH3 is 1. The Hall–Kier alpha value is -4.24. The average Bonchev–Trinajstić information content (AvgIpc) is 2.83. The molecule has 0 saturated carbocycles. The summed E-state index contributed by atoms with van der Waals surface area (Å²) in [5.74, 6) is 1.41. The molecular formula is C26H24N2O4. The molecule has 3 aromatic rings. The molecule has 0 atom stereocenters. The average molecular weight is 428 g/mol. The first kappa shape index (κ1) is 22.4. The minimum atomic E-state index is -0.270. The van der Waals surface area contributed by atoms with Crippen molar-refractivity contribution >= 4 is 23.2 Å². The number of carbonyl (C=O) groups is 1. The summed E-state index contributed by atoms with van der Waals surface area (Å²) >= 11 is 0. The van der Waals surface area contributed by atoms with Crippen molar-refractivity contribution < 1.29 is 19.0 Å². The lowest BCUT2D eigenvalue weighted by molar-refractivity contribution is -0.118. The topological polar surface area (TPSA) is 80.6 Å². The summed E-state index contributed by atoms with van der Waals surface area (Å²) < 4.78 is 16.5. The van der Waals surface area contributed by atoms with Crippen molar-refractivity contribution in [3.05, 3.63) is 83.9 Å². The lowest BCUT2D eigenvalue weighted by Gasteiger charge is -2.13. The summed E-state index contributed by atoms with van der Waals surface area (Å²) in [7, 11) is 1.60. The number of para-hydroxylation sites is 1. The van der Waals surface area contributed by atoms with Gasteiger partial charge in [0.25, 0.3) is 5.91 Å². The van der Waals surface area contributed by atoms with Crippen LogP contribution >= 0.6 is 0 Å². The van der Waals surface area contributed by atoms with Crippen molar-refractivity contribution in [3.63, 3.8) is 0 Å². The molecule has 0 bridgehead atoms. The van der Waals surface area contributed by atoms with E-state index < -0.39 is 0 Å². The molecule has 162 valence electrons. The molecule has 3 rings (SSSR count). The van der Waals surface area contributed by atoms with Crippen molar-refractivity contribution in [1.29, 1.82) is 5.26 Å². The van der Waals surface area contributed by atoms with Gasteiger partial charge in [-0.2, -0.15) is 5.26 Å². The third-order valence-corrected chi connectivity index (χ3v) is 4.52. The smallest absolute Gasteiger partial charge is 0.262 e. The number of hydrogen-bond donors (Lipinski definition) is 1. The van der Waals surface area contributed by atoms with E-state index in [1.165, 1.54) is 0 Å². The SMILES string of the molecule is CCOc1cc(/C=C(\C#N)c2ccc(OC)cc2)ccc1OCC(=O)Nc1ccccc1. The molecule has 6 heteroatoms. The number of amides is 1. The fraction of sp³-hybridized carbons (Fsp3) is 0.154. The van der Waals surface area contributed by atoms with Crippen molar-refractivity contribution in [3.8, 4) is 23.3 Å². The number of hydrogen-bond acceptors (Lipinski definition) is 5. The van der Waals surface area contributed by atoms with Crippen molar-refractivity contribution in [1.82, 2.24) is 0 Å². The highest BCUT2D eigenvalue weighted by atomic mass is 16.5. The quantitative estimate of drug-likeness (QED) is 0.375. The summed E-state index contributed by atoms with van der Waals surface area (Å²) in [5.41, 5.74) is 2.77. The van der Waals surface area contributed by atoms with Gasteiger partial charge in [0, 0.05) is 5.69 Å². The largest absolute Gasteiger partial charge is 0.497 e. The van der Waals surface area contributed by atoms with E-state index in [0.717, 1.165) is 16.9 Å². The second-order valence-electron chi connectivity index (χ2n) is 6.74. The zero-order chi connectivity index (χ0) is 22.8. The monoisotopic (exact) mass is 428 g/mol. The number of carbonyl (C=O) groups excluding carboxylic acids is 1. The molecule has 0 heterocycles. The first-order valence-electron chi connectivity index (χ1n) is 10.1. The van der Waals surface area contributed by atoms with E-state index in [1.807, 2.05) is 55.5 Å². The molecule has 0 spiro atoms. The molecule has 32 heavy (non-hydrogen) atoms. The van der Waals surface area contributed by atoms with Crippen LogP contribution in [0.3, 0.4) is 0 Å². The molecule has 0 fully saturated rings. The standard InChI is InChI=1S/C26H24N2O4/c1-3-31-25-16-19(15-21(17-27)20-10-12-23(30-2)13-11-20)9-14-24(25)32-18-26(29)28-22-7-5-4-6-8-22/h4-16H,3,18H2,1-2H3,(H,28,29)/b21-15+. The summed E-state index contributed by atoms with van der Waals surface area (Å²) in [6.07, 6.45) is 1.77. The molecule has 0 aliphatic carbocycles. The fourth-order valence-corrected chi connectivity index (χ4v) is 2.98. The normalized spacial score (nSPS) is 10.7. The molecule has 0 aliphatic heterocycles. The molecule has 1 amide bonds. The maximum atomic E-state index is 12.2. The van der Waals surface area contributed by atoms with E-state index >= 15 is 0 Å². The highest BCUT2D eigenvalue weighted by Gasteiger charge is 2.10. The number of ether oxygens (including phenoxy) is 3. The van der Waals surface area contributed by atoms with Gasteiger partial charge < -0.3 is 19.5 Å². The number of anilines is 1. The molecule has 0 aromatic heterocycles. The predicted molar refractivity (Wildman–Crippen MR) is 125 cm³/mol.